The monoisotopic (exact) mass is 389 g/mol. The molecule has 1 aromatic heterocycles. The van der Waals surface area contributed by atoms with Crippen LogP contribution in [-0.2, 0) is 4.79 Å². The molecule has 0 spiro atoms. The van der Waals surface area contributed by atoms with Crippen molar-refractivity contribution in [3.63, 3.8) is 0 Å². The maximum Gasteiger partial charge on any atom is 0.416 e. The molecule has 2 aliphatic heterocycles. The molecule has 2 atom stereocenters. The molecular formula is C16H18ClF2N3O4. The molecule has 3 rings (SSSR count). The number of amides is 2. The van der Waals surface area contributed by atoms with Crippen LogP contribution in [-0.4, -0.2) is 69.6 Å². The highest BCUT2D eigenvalue weighted by Gasteiger charge is 2.46. The van der Waals surface area contributed by atoms with Crippen LogP contribution < -0.4 is 4.74 Å². The minimum Gasteiger partial charge on any atom is -0.391 e. The summed E-state index contributed by atoms with van der Waals surface area (Å²) in [6.07, 6.45) is -0.618. The van der Waals surface area contributed by atoms with Gasteiger partial charge in [-0.2, -0.15) is 0 Å². The first-order valence-corrected chi connectivity index (χ1v) is 8.58. The average molecular weight is 390 g/mol. The molecule has 2 fully saturated rings. The van der Waals surface area contributed by atoms with Gasteiger partial charge in [0.15, 0.2) is 0 Å². The second kappa shape index (κ2) is 7.32. The van der Waals surface area contributed by atoms with Gasteiger partial charge in [-0.25, -0.2) is 18.6 Å². The molecule has 0 bridgehead atoms. The SMILES string of the molecule is O=C(Oc1ccc(Cl)cn1)N1C[C@H](N2CCCC(O)C2=O)CC(F)(F)C1. The molecular weight excluding hydrogens is 372 g/mol. The number of likely N-dealkylation sites (tertiary alicyclic amines) is 2. The predicted octanol–water partition coefficient (Wildman–Crippen LogP) is 1.93. The van der Waals surface area contributed by atoms with Crippen LogP contribution in [0.2, 0.25) is 5.02 Å². The van der Waals surface area contributed by atoms with Crippen LogP contribution in [0, 0.1) is 0 Å². The van der Waals surface area contributed by atoms with Gasteiger partial charge < -0.3 is 14.7 Å². The number of hydrogen-bond acceptors (Lipinski definition) is 5. The highest BCUT2D eigenvalue weighted by molar-refractivity contribution is 6.30. The molecule has 10 heteroatoms. The fourth-order valence-electron chi connectivity index (χ4n) is 3.24. The fraction of sp³-hybridized carbons (Fsp3) is 0.562. The first-order chi connectivity index (χ1) is 12.2. The number of piperidine rings is 2. The summed E-state index contributed by atoms with van der Waals surface area (Å²) in [7, 11) is 0. The number of halogens is 3. The molecule has 3 heterocycles. The molecule has 0 radical (unpaired) electrons. The summed E-state index contributed by atoms with van der Waals surface area (Å²) in [4.78, 5) is 30.3. The normalized spacial score (nSPS) is 25.9. The fourth-order valence-corrected chi connectivity index (χ4v) is 3.35. The zero-order chi connectivity index (χ0) is 18.9. The van der Waals surface area contributed by atoms with Gasteiger partial charge in [-0.15, -0.1) is 0 Å². The van der Waals surface area contributed by atoms with Gasteiger partial charge in [-0.1, -0.05) is 11.6 Å². The molecule has 0 aliphatic carbocycles. The Morgan fingerprint density at radius 2 is 2.19 bits per heavy atom. The van der Waals surface area contributed by atoms with Crippen molar-refractivity contribution in [2.24, 2.45) is 0 Å². The minimum atomic E-state index is -3.17. The lowest BCUT2D eigenvalue weighted by atomic mass is 9.97. The van der Waals surface area contributed by atoms with Crippen molar-refractivity contribution in [1.29, 1.82) is 0 Å². The van der Waals surface area contributed by atoms with Crippen LogP contribution in [0.25, 0.3) is 0 Å². The molecule has 2 amide bonds. The van der Waals surface area contributed by atoms with Gasteiger partial charge in [0.1, 0.15) is 6.10 Å². The first kappa shape index (κ1) is 18.8. The number of carbonyl (C=O) groups excluding carboxylic acids is 2. The lowest BCUT2D eigenvalue weighted by Crippen LogP contribution is -2.60. The molecule has 0 saturated carbocycles. The van der Waals surface area contributed by atoms with E-state index in [1.54, 1.807) is 0 Å². The molecule has 1 unspecified atom stereocenters. The molecule has 142 valence electrons. The van der Waals surface area contributed by atoms with Gasteiger partial charge in [0.25, 0.3) is 11.8 Å². The van der Waals surface area contributed by atoms with Crippen LogP contribution in [0.1, 0.15) is 19.3 Å². The van der Waals surface area contributed by atoms with E-state index in [1.807, 2.05) is 0 Å². The summed E-state index contributed by atoms with van der Waals surface area (Å²) in [6.45, 7) is -0.626. The van der Waals surface area contributed by atoms with Crippen molar-refractivity contribution in [2.75, 3.05) is 19.6 Å². The topological polar surface area (TPSA) is 83.0 Å². The van der Waals surface area contributed by atoms with Crippen molar-refractivity contribution in [3.8, 4) is 5.88 Å². The Morgan fingerprint density at radius 1 is 1.42 bits per heavy atom. The van der Waals surface area contributed by atoms with Gasteiger partial charge in [0.05, 0.1) is 17.6 Å². The zero-order valence-electron chi connectivity index (χ0n) is 13.8. The average Bonchev–Trinajstić information content (AvgIpc) is 2.58. The Hall–Kier alpha value is -2.00. The summed E-state index contributed by atoms with van der Waals surface area (Å²) in [5.41, 5.74) is 0. The summed E-state index contributed by atoms with van der Waals surface area (Å²) < 4.78 is 33.3. The van der Waals surface area contributed by atoms with Gasteiger partial charge in [0.2, 0.25) is 5.88 Å². The van der Waals surface area contributed by atoms with E-state index in [0.29, 0.717) is 17.9 Å². The van der Waals surface area contributed by atoms with Crippen molar-refractivity contribution in [2.45, 2.75) is 37.3 Å². The molecule has 1 aromatic rings. The summed E-state index contributed by atoms with van der Waals surface area (Å²) in [5, 5.41) is 10.0. The van der Waals surface area contributed by atoms with Crippen LogP contribution >= 0.6 is 11.6 Å². The number of rotatable bonds is 2. The highest BCUT2D eigenvalue weighted by Crippen LogP contribution is 2.31. The van der Waals surface area contributed by atoms with Gasteiger partial charge >= 0.3 is 6.09 Å². The van der Waals surface area contributed by atoms with Crippen LogP contribution in [0.15, 0.2) is 18.3 Å². The summed E-state index contributed by atoms with van der Waals surface area (Å²) in [6, 6.07) is 1.93. The Kier molecular flexibility index (Phi) is 5.29. The number of ether oxygens (including phenoxy) is 1. The van der Waals surface area contributed by atoms with Crippen LogP contribution in [0.5, 0.6) is 5.88 Å². The molecule has 2 aliphatic rings. The van der Waals surface area contributed by atoms with E-state index < -0.39 is 43.0 Å². The third-order valence-corrected chi connectivity index (χ3v) is 4.65. The predicted molar refractivity (Wildman–Crippen MR) is 87.1 cm³/mol. The van der Waals surface area contributed by atoms with E-state index in [9.17, 15) is 23.5 Å². The Morgan fingerprint density at radius 3 is 2.88 bits per heavy atom. The standard InChI is InChI=1S/C16H18ClF2N3O4/c17-10-3-4-13(20-7-10)26-15(25)21-8-11(6-16(18,19)9-21)22-5-1-2-12(23)14(22)24/h3-4,7,11-12,23H,1-2,5-6,8-9H2/t11-,12?/m1/s1. The van der Waals surface area contributed by atoms with Crippen LogP contribution in [0.3, 0.4) is 0 Å². The third kappa shape index (κ3) is 4.21. The molecule has 0 aromatic carbocycles. The van der Waals surface area contributed by atoms with Crippen molar-refractivity contribution in [3.05, 3.63) is 23.4 Å². The number of hydrogen-bond donors (Lipinski definition) is 1. The number of carbonyl (C=O) groups is 2. The number of pyridine rings is 1. The quantitative estimate of drug-likeness (QED) is 0.835. The molecule has 26 heavy (non-hydrogen) atoms. The lowest BCUT2D eigenvalue weighted by Gasteiger charge is -2.43. The Bertz CT molecular complexity index is 689. The van der Waals surface area contributed by atoms with Gasteiger partial charge in [-0.3, -0.25) is 9.69 Å². The Labute approximate surface area is 153 Å². The van der Waals surface area contributed by atoms with E-state index in [4.69, 9.17) is 16.3 Å². The number of aliphatic hydroxyl groups is 1. The second-order valence-electron chi connectivity index (χ2n) is 6.47. The molecule has 7 nitrogen and oxygen atoms in total. The highest BCUT2D eigenvalue weighted by atomic mass is 35.5. The van der Waals surface area contributed by atoms with E-state index in [1.165, 1.54) is 23.2 Å². The largest absolute Gasteiger partial charge is 0.416 e. The maximum atomic E-state index is 14.2. The minimum absolute atomic E-state index is 0.0608. The van der Waals surface area contributed by atoms with Crippen molar-refractivity contribution in [1.82, 2.24) is 14.8 Å². The Balaban J connectivity index is 1.71. The molecule has 1 N–H and O–H groups in total. The van der Waals surface area contributed by atoms with Crippen molar-refractivity contribution >= 4 is 23.6 Å². The smallest absolute Gasteiger partial charge is 0.391 e. The van der Waals surface area contributed by atoms with Gasteiger partial charge in [0, 0.05) is 31.8 Å². The van der Waals surface area contributed by atoms with Gasteiger partial charge in [-0.05, 0) is 18.9 Å². The number of aromatic nitrogens is 1. The summed E-state index contributed by atoms with van der Waals surface area (Å²) >= 11 is 5.69. The third-order valence-electron chi connectivity index (χ3n) is 4.42. The van der Waals surface area contributed by atoms with E-state index >= 15 is 0 Å². The summed E-state index contributed by atoms with van der Waals surface area (Å²) in [5.74, 6) is -3.81. The maximum absolute atomic E-state index is 14.2. The van der Waals surface area contributed by atoms with E-state index in [-0.39, 0.29) is 19.0 Å². The number of alkyl halides is 2. The van der Waals surface area contributed by atoms with E-state index in [0.717, 1.165) is 4.90 Å². The first-order valence-electron chi connectivity index (χ1n) is 8.20. The van der Waals surface area contributed by atoms with Crippen molar-refractivity contribution < 1.29 is 28.2 Å². The van der Waals surface area contributed by atoms with E-state index in [2.05, 4.69) is 4.98 Å². The molecule has 2 saturated heterocycles. The lowest BCUT2D eigenvalue weighted by molar-refractivity contribution is -0.153. The second-order valence-corrected chi connectivity index (χ2v) is 6.90. The zero-order valence-corrected chi connectivity index (χ0v) is 14.5. The van der Waals surface area contributed by atoms with Crippen LogP contribution in [0.4, 0.5) is 13.6 Å². The number of aliphatic hydroxyl groups excluding tert-OH is 1. The number of nitrogens with zero attached hydrogens (tertiary/aromatic N) is 3.